The van der Waals surface area contributed by atoms with Crippen LogP contribution >= 0.6 is 0 Å². The summed E-state index contributed by atoms with van der Waals surface area (Å²) in [7, 11) is 0. The first-order valence-corrected chi connectivity index (χ1v) is 5.23. The Hall–Kier alpha value is -1.67. The molecule has 0 aromatic heterocycles. The SMILES string of the molecule is CCC(C(=O)O)C(O)(C(=O)O)C(O)(CC)C(=O)O. The van der Waals surface area contributed by atoms with Gasteiger partial charge in [0.25, 0.3) is 0 Å². The van der Waals surface area contributed by atoms with Crippen molar-refractivity contribution in [1.29, 1.82) is 0 Å². The van der Waals surface area contributed by atoms with E-state index >= 15 is 0 Å². The maximum atomic E-state index is 11.1. The van der Waals surface area contributed by atoms with E-state index in [1.54, 1.807) is 0 Å². The molecule has 0 aromatic carbocycles. The van der Waals surface area contributed by atoms with Gasteiger partial charge in [-0.15, -0.1) is 0 Å². The van der Waals surface area contributed by atoms with E-state index in [-0.39, 0.29) is 6.42 Å². The second kappa shape index (κ2) is 5.32. The Bertz CT molecular complexity index is 365. The van der Waals surface area contributed by atoms with Crippen LogP contribution in [0.15, 0.2) is 0 Å². The summed E-state index contributed by atoms with van der Waals surface area (Å²) >= 11 is 0. The lowest BCUT2D eigenvalue weighted by atomic mass is 9.71. The lowest BCUT2D eigenvalue weighted by Gasteiger charge is -2.39. The van der Waals surface area contributed by atoms with Crippen molar-refractivity contribution < 1.29 is 39.9 Å². The van der Waals surface area contributed by atoms with Crippen molar-refractivity contribution in [2.45, 2.75) is 37.9 Å². The summed E-state index contributed by atoms with van der Waals surface area (Å²) < 4.78 is 0. The Morgan fingerprint density at radius 1 is 1.00 bits per heavy atom. The largest absolute Gasteiger partial charge is 0.481 e. The summed E-state index contributed by atoms with van der Waals surface area (Å²) in [5.74, 6) is -7.73. The molecule has 8 heteroatoms. The van der Waals surface area contributed by atoms with Gasteiger partial charge < -0.3 is 25.5 Å². The number of hydrogen-bond acceptors (Lipinski definition) is 5. The van der Waals surface area contributed by atoms with Crippen LogP contribution in [0.4, 0.5) is 0 Å². The maximum Gasteiger partial charge on any atom is 0.340 e. The average molecular weight is 264 g/mol. The van der Waals surface area contributed by atoms with Crippen molar-refractivity contribution in [2.24, 2.45) is 5.92 Å². The number of rotatable bonds is 7. The fraction of sp³-hybridized carbons (Fsp3) is 0.700. The van der Waals surface area contributed by atoms with Gasteiger partial charge in [0.2, 0.25) is 11.2 Å². The molecule has 0 aliphatic rings. The van der Waals surface area contributed by atoms with Gasteiger partial charge in [0.15, 0.2) is 0 Å². The van der Waals surface area contributed by atoms with Gasteiger partial charge in [-0.25, -0.2) is 9.59 Å². The number of carbonyl (C=O) groups is 3. The van der Waals surface area contributed by atoms with Gasteiger partial charge in [0.05, 0.1) is 5.92 Å². The predicted octanol–water partition coefficient (Wildman–Crippen LogP) is -0.861. The predicted molar refractivity (Wildman–Crippen MR) is 56.9 cm³/mol. The van der Waals surface area contributed by atoms with E-state index < -0.39 is 41.4 Å². The Morgan fingerprint density at radius 2 is 1.44 bits per heavy atom. The fourth-order valence-corrected chi connectivity index (χ4v) is 1.85. The molecule has 104 valence electrons. The first kappa shape index (κ1) is 16.3. The van der Waals surface area contributed by atoms with Crippen molar-refractivity contribution in [3.8, 4) is 0 Å². The Kier molecular flexibility index (Phi) is 4.82. The molecule has 3 unspecified atom stereocenters. The second-order valence-electron chi connectivity index (χ2n) is 3.89. The number of carboxylic acid groups (broad SMARTS) is 3. The summed E-state index contributed by atoms with van der Waals surface area (Å²) in [6.45, 7) is 2.40. The average Bonchev–Trinajstić information content (AvgIpc) is 2.27. The molecular formula is C10H16O8. The van der Waals surface area contributed by atoms with Crippen molar-refractivity contribution in [2.75, 3.05) is 0 Å². The number of aliphatic carboxylic acids is 3. The molecule has 0 spiro atoms. The summed E-state index contributed by atoms with van der Waals surface area (Å²) in [4.78, 5) is 33.0. The van der Waals surface area contributed by atoms with Crippen LogP contribution in [0, 0.1) is 5.92 Å². The minimum Gasteiger partial charge on any atom is -0.481 e. The van der Waals surface area contributed by atoms with Gasteiger partial charge in [-0.3, -0.25) is 4.79 Å². The molecule has 0 bridgehead atoms. The number of carboxylic acids is 3. The molecule has 0 fully saturated rings. The quantitative estimate of drug-likeness (QED) is 0.398. The third kappa shape index (κ3) is 2.16. The highest BCUT2D eigenvalue weighted by Crippen LogP contribution is 2.35. The van der Waals surface area contributed by atoms with Gasteiger partial charge in [-0.05, 0) is 12.8 Å². The summed E-state index contributed by atoms with van der Waals surface area (Å²) in [5.41, 5.74) is -6.40. The van der Waals surface area contributed by atoms with E-state index in [1.807, 2.05) is 0 Å². The zero-order valence-corrected chi connectivity index (χ0v) is 9.95. The molecule has 0 amide bonds. The molecule has 3 atom stereocenters. The summed E-state index contributed by atoms with van der Waals surface area (Å²) in [6, 6.07) is 0. The van der Waals surface area contributed by atoms with Crippen LogP contribution in [-0.4, -0.2) is 54.6 Å². The van der Waals surface area contributed by atoms with Crippen molar-refractivity contribution in [3.05, 3.63) is 0 Å². The van der Waals surface area contributed by atoms with Gasteiger partial charge in [0, 0.05) is 0 Å². The minimum absolute atomic E-state index is 0.353. The topological polar surface area (TPSA) is 152 Å². The van der Waals surface area contributed by atoms with Crippen molar-refractivity contribution in [1.82, 2.24) is 0 Å². The van der Waals surface area contributed by atoms with Crippen LogP contribution in [0.3, 0.4) is 0 Å². The van der Waals surface area contributed by atoms with E-state index in [4.69, 9.17) is 15.3 Å². The molecular weight excluding hydrogens is 248 g/mol. The second-order valence-corrected chi connectivity index (χ2v) is 3.89. The number of aliphatic hydroxyl groups is 2. The zero-order valence-electron chi connectivity index (χ0n) is 9.95. The summed E-state index contributed by atoms with van der Waals surface area (Å²) in [6.07, 6.45) is -1.01. The first-order chi connectivity index (χ1) is 8.09. The van der Waals surface area contributed by atoms with Gasteiger partial charge in [0.1, 0.15) is 0 Å². The molecule has 8 nitrogen and oxygen atoms in total. The van der Waals surface area contributed by atoms with Gasteiger partial charge in [-0.1, -0.05) is 13.8 Å². The van der Waals surface area contributed by atoms with Gasteiger partial charge >= 0.3 is 17.9 Å². The molecule has 0 aliphatic carbocycles. The minimum atomic E-state index is -3.31. The first-order valence-electron chi connectivity index (χ1n) is 5.23. The van der Waals surface area contributed by atoms with Crippen LogP contribution in [0.5, 0.6) is 0 Å². The van der Waals surface area contributed by atoms with Crippen LogP contribution in [0.2, 0.25) is 0 Å². The Morgan fingerprint density at radius 3 is 1.61 bits per heavy atom. The van der Waals surface area contributed by atoms with E-state index in [1.165, 1.54) is 6.92 Å². The molecule has 0 heterocycles. The lowest BCUT2D eigenvalue weighted by molar-refractivity contribution is -0.222. The highest BCUT2D eigenvalue weighted by Gasteiger charge is 2.65. The van der Waals surface area contributed by atoms with E-state index in [0.29, 0.717) is 0 Å². The normalized spacial score (nSPS) is 19.3. The standard InChI is InChI=1S/C10H16O8/c1-3-5(6(11)12)10(18,8(15)16)9(17,4-2)7(13)14/h5,17-18H,3-4H2,1-2H3,(H,11,12)(H,13,14)(H,15,16). The van der Waals surface area contributed by atoms with E-state index in [9.17, 15) is 24.6 Å². The molecule has 18 heavy (non-hydrogen) atoms. The van der Waals surface area contributed by atoms with Crippen molar-refractivity contribution in [3.63, 3.8) is 0 Å². The molecule has 0 saturated heterocycles. The highest BCUT2D eigenvalue weighted by atomic mass is 16.5. The van der Waals surface area contributed by atoms with E-state index in [0.717, 1.165) is 6.92 Å². The molecule has 0 saturated carbocycles. The Balaban J connectivity index is 6.02. The van der Waals surface area contributed by atoms with Crippen LogP contribution < -0.4 is 0 Å². The fourth-order valence-electron chi connectivity index (χ4n) is 1.85. The molecule has 0 radical (unpaired) electrons. The smallest absolute Gasteiger partial charge is 0.340 e. The maximum absolute atomic E-state index is 11.1. The van der Waals surface area contributed by atoms with Crippen LogP contribution in [-0.2, 0) is 14.4 Å². The summed E-state index contributed by atoms with van der Waals surface area (Å²) in [5, 5.41) is 46.6. The van der Waals surface area contributed by atoms with E-state index in [2.05, 4.69) is 0 Å². The molecule has 0 rings (SSSR count). The molecule has 0 aliphatic heterocycles. The molecule has 5 N–H and O–H groups in total. The zero-order chi connectivity index (χ0) is 14.7. The van der Waals surface area contributed by atoms with Crippen molar-refractivity contribution >= 4 is 17.9 Å². The lowest BCUT2D eigenvalue weighted by Crippen LogP contribution is -2.68. The third-order valence-corrected chi connectivity index (χ3v) is 3.03. The number of hydrogen-bond donors (Lipinski definition) is 5. The Labute approximate surface area is 102 Å². The van der Waals surface area contributed by atoms with Crippen LogP contribution in [0.25, 0.3) is 0 Å². The van der Waals surface area contributed by atoms with Gasteiger partial charge in [-0.2, -0.15) is 0 Å². The van der Waals surface area contributed by atoms with Crippen LogP contribution in [0.1, 0.15) is 26.7 Å². The molecule has 0 aromatic rings. The third-order valence-electron chi connectivity index (χ3n) is 3.03. The highest BCUT2D eigenvalue weighted by molar-refractivity contribution is 5.94. The monoisotopic (exact) mass is 264 g/mol.